The number of hydrogen-bond donors (Lipinski definition) is 1. The van der Waals surface area contributed by atoms with Gasteiger partial charge < -0.3 is 20.0 Å². The summed E-state index contributed by atoms with van der Waals surface area (Å²) in [7, 11) is 0. The van der Waals surface area contributed by atoms with E-state index in [1.807, 2.05) is 65.3 Å². The van der Waals surface area contributed by atoms with E-state index in [0.717, 1.165) is 64.0 Å². The van der Waals surface area contributed by atoms with Crippen LogP contribution in [0.1, 0.15) is 54.4 Å². The summed E-state index contributed by atoms with van der Waals surface area (Å²) in [5.41, 5.74) is 1.81. The molecule has 8 heteroatoms. The normalized spacial score (nSPS) is 18.1. The van der Waals surface area contributed by atoms with E-state index in [1.165, 1.54) is 0 Å². The van der Waals surface area contributed by atoms with Gasteiger partial charge in [0.25, 0.3) is 5.91 Å². The van der Waals surface area contributed by atoms with Gasteiger partial charge in [0.1, 0.15) is 0 Å². The van der Waals surface area contributed by atoms with E-state index in [2.05, 4.69) is 10.2 Å². The second-order valence-corrected chi connectivity index (χ2v) is 10.5. The third kappa shape index (κ3) is 6.72. The molecule has 0 radical (unpaired) electrons. The van der Waals surface area contributed by atoms with Crippen LogP contribution in [0.2, 0.25) is 10.0 Å². The standard InChI is InChI=1S/C28H36Cl2N4O2/c1-2-33(27(35)21-7-4-3-5-8-21)20-23(22-9-10-25(29)26(30)19-22)11-16-32-17-12-24(13-18-32)34-15-6-14-31-28(34)36/h3-5,7-10,19,23-24H,2,6,11-18,20H2,1H3,(H,31,36). The topological polar surface area (TPSA) is 55.9 Å². The molecule has 0 aromatic heterocycles. The SMILES string of the molecule is CCN(CC(CCN1CCC(N2CCCNC2=O)CC1)c1ccc(Cl)c(Cl)c1)C(=O)c1ccccc1. The summed E-state index contributed by atoms with van der Waals surface area (Å²) < 4.78 is 0. The van der Waals surface area contributed by atoms with Crippen molar-refractivity contribution in [2.24, 2.45) is 0 Å². The van der Waals surface area contributed by atoms with Crippen molar-refractivity contribution in [1.82, 2.24) is 20.0 Å². The van der Waals surface area contributed by atoms with Crippen LogP contribution in [0.15, 0.2) is 48.5 Å². The van der Waals surface area contributed by atoms with Gasteiger partial charge in [-0.2, -0.15) is 0 Å². The number of rotatable bonds is 9. The van der Waals surface area contributed by atoms with Gasteiger partial charge >= 0.3 is 6.03 Å². The van der Waals surface area contributed by atoms with Crippen LogP contribution >= 0.6 is 23.2 Å². The monoisotopic (exact) mass is 530 g/mol. The number of hydrogen-bond acceptors (Lipinski definition) is 3. The summed E-state index contributed by atoms with van der Waals surface area (Å²) in [4.78, 5) is 31.9. The highest BCUT2D eigenvalue weighted by molar-refractivity contribution is 6.42. The van der Waals surface area contributed by atoms with Crippen LogP contribution in [0.5, 0.6) is 0 Å². The van der Waals surface area contributed by atoms with Crippen molar-refractivity contribution >= 4 is 35.1 Å². The Morgan fingerprint density at radius 1 is 1.08 bits per heavy atom. The summed E-state index contributed by atoms with van der Waals surface area (Å²) in [6.45, 7) is 7.80. The maximum absolute atomic E-state index is 13.2. The van der Waals surface area contributed by atoms with E-state index in [-0.39, 0.29) is 17.9 Å². The van der Waals surface area contributed by atoms with Crippen LogP contribution in [0.25, 0.3) is 0 Å². The number of benzene rings is 2. The van der Waals surface area contributed by atoms with E-state index < -0.39 is 0 Å². The Balaban J connectivity index is 1.41. The Hall–Kier alpha value is -2.28. The minimum Gasteiger partial charge on any atom is -0.338 e. The molecular weight excluding hydrogens is 495 g/mol. The molecule has 2 aliphatic heterocycles. The number of urea groups is 1. The Morgan fingerprint density at radius 3 is 2.50 bits per heavy atom. The summed E-state index contributed by atoms with van der Waals surface area (Å²) in [5.74, 6) is 0.182. The molecule has 1 unspecified atom stereocenters. The van der Waals surface area contributed by atoms with Crippen molar-refractivity contribution in [2.45, 2.75) is 44.6 Å². The van der Waals surface area contributed by atoms with Crippen molar-refractivity contribution in [3.8, 4) is 0 Å². The maximum atomic E-state index is 13.2. The Labute approximate surface area is 224 Å². The summed E-state index contributed by atoms with van der Waals surface area (Å²) >= 11 is 12.6. The lowest BCUT2D eigenvalue weighted by atomic mass is 9.93. The minimum absolute atomic E-state index is 0.0452. The highest BCUT2D eigenvalue weighted by Crippen LogP contribution is 2.30. The first-order valence-corrected chi connectivity index (χ1v) is 13.8. The fourth-order valence-corrected chi connectivity index (χ4v) is 5.61. The summed E-state index contributed by atoms with van der Waals surface area (Å²) in [6, 6.07) is 15.7. The van der Waals surface area contributed by atoms with E-state index >= 15 is 0 Å². The summed E-state index contributed by atoms with van der Waals surface area (Å²) in [5, 5.41) is 4.05. The van der Waals surface area contributed by atoms with E-state index in [1.54, 1.807) is 0 Å². The smallest absolute Gasteiger partial charge is 0.317 e. The highest BCUT2D eigenvalue weighted by atomic mass is 35.5. The molecule has 2 aromatic carbocycles. The predicted molar refractivity (Wildman–Crippen MR) is 146 cm³/mol. The van der Waals surface area contributed by atoms with Crippen molar-refractivity contribution in [3.63, 3.8) is 0 Å². The quantitative estimate of drug-likeness (QED) is 0.465. The molecule has 0 saturated carbocycles. The number of halogens is 2. The molecule has 1 atom stereocenters. The first-order chi connectivity index (χ1) is 17.5. The molecule has 36 heavy (non-hydrogen) atoms. The Bertz CT molecular complexity index is 1030. The van der Waals surface area contributed by atoms with Gasteiger partial charge in [-0.15, -0.1) is 0 Å². The predicted octanol–water partition coefficient (Wildman–Crippen LogP) is 5.51. The van der Waals surface area contributed by atoms with Crippen LogP contribution < -0.4 is 5.32 Å². The van der Waals surface area contributed by atoms with E-state index in [4.69, 9.17) is 23.2 Å². The molecular formula is C28H36Cl2N4O2. The molecule has 0 aliphatic carbocycles. The van der Waals surface area contributed by atoms with Crippen LogP contribution in [-0.4, -0.2) is 78.5 Å². The zero-order valence-electron chi connectivity index (χ0n) is 21.0. The third-order valence-corrected chi connectivity index (χ3v) is 8.19. The van der Waals surface area contributed by atoms with Crippen LogP contribution in [-0.2, 0) is 0 Å². The fraction of sp³-hybridized carbons (Fsp3) is 0.500. The average molecular weight is 532 g/mol. The molecule has 2 aliphatic rings. The number of nitrogens with zero attached hydrogens (tertiary/aromatic N) is 3. The maximum Gasteiger partial charge on any atom is 0.317 e. The van der Waals surface area contributed by atoms with Crippen molar-refractivity contribution in [2.75, 3.05) is 45.8 Å². The second-order valence-electron chi connectivity index (χ2n) is 9.72. The van der Waals surface area contributed by atoms with Gasteiger partial charge in [0.2, 0.25) is 0 Å². The van der Waals surface area contributed by atoms with Gasteiger partial charge in [-0.05, 0) is 69.0 Å². The molecule has 3 amide bonds. The number of carbonyl (C=O) groups is 2. The lowest BCUT2D eigenvalue weighted by molar-refractivity contribution is 0.0745. The van der Waals surface area contributed by atoms with Gasteiger partial charge in [0.15, 0.2) is 0 Å². The molecule has 194 valence electrons. The average Bonchev–Trinajstić information content (AvgIpc) is 2.91. The fourth-order valence-electron chi connectivity index (χ4n) is 5.30. The molecule has 0 spiro atoms. The lowest BCUT2D eigenvalue weighted by Crippen LogP contribution is -2.54. The van der Waals surface area contributed by atoms with E-state index in [0.29, 0.717) is 34.7 Å². The Kier molecular flexibility index (Phi) is 9.52. The first-order valence-electron chi connectivity index (χ1n) is 13.0. The van der Waals surface area contributed by atoms with Gasteiger partial charge in [-0.25, -0.2) is 4.79 Å². The van der Waals surface area contributed by atoms with Crippen LogP contribution in [0, 0.1) is 0 Å². The van der Waals surface area contributed by atoms with Crippen LogP contribution in [0.4, 0.5) is 4.79 Å². The van der Waals surface area contributed by atoms with Crippen molar-refractivity contribution < 1.29 is 9.59 Å². The largest absolute Gasteiger partial charge is 0.338 e. The number of carbonyl (C=O) groups excluding carboxylic acids is 2. The zero-order chi connectivity index (χ0) is 25.5. The number of likely N-dealkylation sites (tertiary alicyclic amines) is 1. The molecule has 2 heterocycles. The van der Waals surface area contributed by atoms with Gasteiger partial charge in [-0.1, -0.05) is 47.5 Å². The zero-order valence-corrected chi connectivity index (χ0v) is 22.5. The first kappa shape index (κ1) is 26.8. The molecule has 0 bridgehead atoms. The molecule has 2 saturated heterocycles. The molecule has 2 aromatic rings. The minimum atomic E-state index is 0.0452. The van der Waals surface area contributed by atoms with Gasteiger partial charge in [0, 0.05) is 56.8 Å². The number of amides is 3. The lowest BCUT2D eigenvalue weighted by Gasteiger charge is -2.40. The van der Waals surface area contributed by atoms with Gasteiger partial charge in [-0.3, -0.25) is 4.79 Å². The molecule has 4 rings (SSSR count). The third-order valence-electron chi connectivity index (χ3n) is 7.45. The number of likely N-dealkylation sites (N-methyl/N-ethyl adjacent to an activating group) is 1. The number of piperidine rings is 1. The van der Waals surface area contributed by atoms with Crippen LogP contribution in [0.3, 0.4) is 0 Å². The number of nitrogens with one attached hydrogen (secondary N) is 1. The molecule has 6 nitrogen and oxygen atoms in total. The molecule has 1 N–H and O–H groups in total. The highest BCUT2D eigenvalue weighted by Gasteiger charge is 2.30. The second kappa shape index (κ2) is 12.8. The van der Waals surface area contributed by atoms with Crippen molar-refractivity contribution in [3.05, 3.63) is 69.7 Å². The summed E-state index contributed by atoms with van der Waals surface area (Å²) in [6.07, 6.45) is 3.93. The van der Waals surface area contributed by atoms with E-state index in [9.17, 15) is 9.59 Å². The molecule has 2 fully saturated rings. The Morgan fingerprint density at radius 2 is 1.83 bits per heavy atom. The van der Waals surface area contributed by atoms with Gasteiger partial charge in [0.05, 0.1) is 10.0 Å². The van der Waals surface area contributed by atoms with Crippen molar-refractivity contribution in [1.29, 1.82) is 0 Å².